The summed E-state index contributed by atoms with van der Waals surface area (Å²) in [6.07, 6.45) is 11.3. The van der Waals surface area contributed by atoms with Gasteiger partial charge in [-0.2, -0.15) is 0 Å². The largest absolute Gasteiger partial charge is 0.392 e. The minimum Gasteiger partial charge on any atom is -0.392 e. The Morgan fingerprint density at radius 3 is 2.56 bits per heavy atom. The molecule has 1 aliphatic rings. The molecule has 0 unspecified atom stereocenters. The van der Waals surface area contributed by atoms with Gasteiger partial charge < -0.3 is 20.4 Å². The van der Waals surface area contributed by atoms with Crippen LogP contribution in [0.2, 0.25) is 0 Å². The Kier molecular flexibility index (Phi) is 10.9. The maximum absolute atomic E-state index is 12.1. The van der Waals surface area contributed by atoms with Gasteiger partial charge in [-0.3, -0.25) is 4.79 Å². The second-order valence-electron chi connectivity index (χ2n) is 6.99. The number of allylic oxidation sites excluding steroid dienone is 2. The number of Topliss-reactive ketones (excluding diaryl/α,β-unsaturated/α-hetero) is 1. The fourth-order valence-electron chi connectivity index (χ4n) is 3.26. The molecule has 0 spiro atoms. The summed E-state index contributed by atoms with van der Waals surface area (Å²) in [6, 6.07) is 0. The second-order valence-corrected chi connectivity index (χ2v) is 6.99. The predicted molar refractivity (Wildman–Crippen MR) is 97.7 cm³/mol. The molecule has 0 heterocycles. The second kappa shape index (κ2) is 12.4. The first-order valence-corrected chi connectivity index (χ1v) is 9.54. The van der Waals surface area contributed by atoms with Crippen molar-refractivity contribution in [2.45, 2.75) is 83.2 Å². The summed E-state index contributed by atoms with van der Waals surface area (Å²) in [5, 5.41) is 37.7. The van der Waals surface area contributed by atoms with Crippen LogP contribution in [0.5, 0.6) is 0 Å². The molecule has 4 atom stereocenters. The molecule has 0 aliphatic heterocycles. The third kappa shape index (κ3) is 8.77. The lowest BCUT2D eigenvalue weighted by Crippen LogP contribution is -2.18. The molecule has 1 aliphatic carbocycles. The minimum atomic E-state index is -1.27. The molecule has 0 radical (unpaired) electrons. The van der Waals surface area contributed by atoms with E-state index in [1.165, 1.54) is 0 Å². The van der Waals surface area contributed by atoms with E-state index in [0.717, 1.165) is 25.7 Å². The van der Waals surface area contributed by atoms with Crippen LogP contribution in [0.4, 0.5) is 0 Å². The average molecular weight is 354 g/mol. The Balaban J connectivity index is 2.47. The Morgan fingerprint density at radius 1 is 1.12 bits per heavy atom. The third-order valence-electron chi connectivity index (χ3n) is 4.78. The number of hydrogen-bond acceptors (Lipinski definition) is 5. The van der Waals surface area contributed by atoms with Gasteiger partial charge in [0.1, 0.15) is 5.78 Å². The van der Waals surface area contributed by atoms with E-state index >= 15 is 0 Å². The zero-order chi connectivity index (χ0) is 18.7. The van der Waals surface area contributed by atoms with Gasteiger partial charge in [0.15, 0.2) is 6.29 Å². The summed E-state index contributed by atoms with van der Waals surface area (Å²) >= 11 is 0. The molecule has 144 valence electrons. The van der Waals surface area contributed by atoms with Crippen LogP contribution in [-0.4, -0.2) is 44.7 Å². The normalized spacial score (nSPS) is 25.7. The van der Waals surface area contributed by atoms with Crippen molar-refractivity contribution in [2.24, 2.45) is 11.8 Å². The number of aliphatic hydroxyl groups excluding tert-OH is 3. The third-order valence-corrected chi connectivity index (χ3v) is 4.78. The molecule has 25 heavy (non-hydrogen) atoms. The number of carbonyl (C=O) groups is 1. The SMILES string of the molecule is CCCCC[C@H](O)/C=C/[C@H]1[C@H](O)CC(=O)[C@@H]1C/C=C\CCCC(O)O. The van der Waals surface area contributed by atoms with Gasteiger partial charge in [-0.25, -0.2) is 0 Å². The van der Waals surface area contributed by atoms with E-state index in [2.05, 4.69) is 6.92 Å². The van der Waals surface area contributed by atoms with Crippen LogP contribution in [0.3, 0.4) is 0 Å². The summed E-state index contributed by atoms with van der Waals surface area (Å²) in [6.45, 7) is 2.12. The van der Waals surface area contributed by atoms with Crippen LogP contribution < -0.4 is 0 Å². The predicted octanol–water partition coefficient (Wildman–Crippen LogP) is 2.48. The molecule has 5 heteroatoms. The van der Waals surface area contributed by atoms with E-state index < -0.39 is 18.5 Å². The summed E-state index contributed by atoms with van der Waals surface area (Å²) in [5.41, 5.74) is 0. The highest BCUT2D eigenvalue weighted by Crippen LogP contribution is 2.33. The van der Waals surface area contributed by atoms with Crippen molar-refractivity contribution in [1.82, 2.24) is 0 Å². The van der Waals surface area contributed by atoms with Crippen LogP contribution in [0, 0.1) is 11.8 Å². The quantitative estimate of drug-likeness (QED) is 0.245. The van der Waals surface area contributed by atoms with E-state index in [1.807, 2.05) is 18.2 Å². The van der Waals surface area contributed by atoms with Gasteiger partial charge in [0.05, 0.1) is 12.2 Å². The first-order valence-electron chi connectivity index (χ1n) is 9.54. The van der Waals surface area contributed by atoms with Crippen molar-refractivity contribution < 1.29 is 25.2 Å². The lowest BCUT2D eigenvalue weighted by molar-refractivity contribution is -0.121. The van der Waals surface area contributed by atoms with Crippen molar-refractivity contribution in [3.05, 3.63) is 24.3 Å². The fourth-order valence-corrected chi connectivity index (χ4v) is 3.26. The van der Waals surface area contributed by atoms with E-state index in [-0.39, 0.29) is 24.0 Å². The number of unbranched alkanes of at least 4 members (excludes halogenated alkanes) is 3. The Labute approximate surface area is 151 Å². The minimum absolute atomic E-state index is 0.0676. The van der Waals surface area contributed by atoms with Gasteiger partial charge in [0.2, 0.25) is 0 Å². The van der Waals surface area contributed by atoms with Crippen LogP contribution in [0.15, 0.2) is 24.3 Å². The van der Waals surface area contributed by atoms with Gasteiger partial charge in [-0.15, -0.1) is 0 Å². The summed E-state index contributed by atoms with van der Waals surface area (Å²) in [4.78, 5) is 12.1. The van der Waals surface area contributed by atoms with Gasteiger partial charge in [-0.05, 0) is 32.1 Å². The summed E-state index contributed by atoms with van der Waals surface area (Å²) in [7, 11) is 0. The molecule has 4 N–H and O–H groups in total. The average Bonchev–Trinajstić information content (AvgIpc) is 2.82. The molecule has 0 aromatic rings. The molecule has 1 saturated carbocycles. The zero-order valence-electron chi connectivity index (χ0n) is 15.3. The molecule has 1 rings (SSSR count). The van der Waals surface area contributed by atoms with Gasteiger partial charge in [0, 0.05) is 18.3 Å². The van der Waals surface area contributed by atoms with Crippen molar-refractivity contribution in [3.63, 3.8) is 0 Å². The van der Waals surface area contributed by atoms with Gasteiger partial charge in [-0.1, -0.05) is 50.5 Å². The molecular formula is C20H34O5. The van der Waals surface area contributed by atoms with Crippen molar-refractivity contribution in [3.8, 4) is 0 Å². The van der Waals surface area contributed by atoms with Crippen molar-refractivity contribution in [1.29, 1.82) is 0 Å². The van der Waals surface area contributed by atoms with Gasteiger partial charge >= 0.3 is 0 Å². The summed E-state index contributed by atoms with van der Waals surface area (Å²) in [5.74, 6) is -0.413. The van der Waals surface area contributed by atoms with E-state index in [4.69, 9.17) is 10.2 Å². The van der Waals surface area contributed by atoms with Crippen molar-refractivity contribution >= 4 is 5.78 Å². The first-order chi connectivity index (χ1) is 12.0. The maximum atomic E-state index is 12.1. The zero-order valence-corrected chi connectivity index (χ0v) is 15.3. The lowest BCUT2D eigenvalue weighted by atomic mass is 9.90. The van der Waals surface area contributed by atoms with Crippen LogP contribution in [-0.2, 0) is 4.79 Å². The van der Waals surface area contributed by atoms with Gasteiger partial charge in [0.25, 0.3) is 0 Å². The van der Waals surface area contributed by atoms with E-state index in [9.17, 15) is 15.0 Å². The highest BCUT2D eigenvalue weighted by Gasteiger charge is 2.39. The van der Waals surface area contributed by atoms with Crippen LogP contribution >= 0.6 is 0 Å². The topological polar surface area (TPSA) is 98.0 Å². The maximum Gasteiger partial charge on any atom is 0.151 e. The first kappa shape index (κ1) is 22.0. The number of ketones is 1. The van der Waals surface area contributed by atoms with Crippen molar-refractivity contribution in [2.75, 3.05) is 0 Å². The Hall–Kier alpha value is -1.01. The number of rotatable bonds is 12. The molecular weight excluding hydrogens is 320 g/mol. The molecule has 0 bridgehead atoms. The fraction of sp³-hybridized carbons (Fsp3) is 0.750. The number of hydrogen-bond donors (Lipinski definition) is 4. The number of carbonyl (C=O) groups excluding carboxylic acids is 1. The lowest BCUT2D eigenvalue weighted by Gasteiger charge is -2.16. The molecule has 0 aromatic carbocycles. The number of aliphatic hydroxyl groups is 4. The Bertz CT molecular complexity index is 430. The monoisotopic (exact) mass is 354 g/mol. The van der Waals surface area contributed by atoms with E-state index in [0.29, 0.717) is 25.7 Å². The smallest absolute Gasteiger partial charge is 0.151 e. The highest BCUT2D eigenvalue weighted by molar-refractivity contribution is 5.84. The molecule has 0 aromatic heterocycles. The standard InChI is InChI=1S/C20H34O5/c1-2-3-6-9-15(21)12-13-17-16(18(22)14-19(17)23)10-7-4-5-8-11-20(24)25/h4,7,12-13,15-17,19-21,23-25H,2-3,5-6,8-11,14H2,1H3/b7-4-,13-12+/t15-,16+,17+,19+/m0/s1. The molecule has 0 amide bonds. The van der Waals surface area contributed by atoms with Crippen LogP contribution in [0.25, 0.3) is 0 Å². The molecule has 5 nitrogen and oxygen atoms in total. The van der Waals surface area contributed by atoms with Crippen LogP contribution in [0.1, 0.15) is 64.7 Å². The molecule has 1 fully saturated rings. The van der Waals surface area contributed by atoms with E-state index in [1.54, 1.807) is 6.08 Å². The Morgan fingerprint density at radius 2 is 1.88 bits per heavy atom. The highest BCUT2D eigenvalue weighted by atomic mass is 16.5. The molecule has 0 saturated heterocycles. The summed E-state index contributed by atoms with van der Waals surface area (Å²) < 4.78 is 0.